The molecular formula is C14H15F2NO3. The topological polar surface area (TPSA) is 67.3 Å². The summed E-state index contributed by atoms with van der Waals surface area (Å²) in [5, 5.41) is 8.73. The summed E-state index contributed by atoms with van der Waals surface area (Å²) >= 11 is 0. The first-order chi connectivity index (χ1) is 9.37. The Kier molecular flexibility index (Phi) is 4.11. The second-order valence-electron chi connectivity index (χ2n) is 5.16. The van der Waals surface area contributed by atoms with Gasteiger partial charge in [-0.2, -0.15) is 0 Å². The molecule has 1 fully saturated rings. The molecule has 0 spiro atoms. The molecule has 1 aromatic heterocycles. The molecule has 0 aliphatic heterocycles. The molecule has 0 bridgehead atoms. The fourth-order valence-electron chi connectivity index (χ4n) is 2.36. The summed E-state index contributed by atoms with van der Waals surface area (Å²) in [4.78, 5) is 26.4. The molecule has 1 saturated carbocycles. The van der Waals surface area contributed by atoms with Crippen LogP contribution in [0.25, 0.3) is 0 Å². The zero-order valence-corrected chi connectivity index (χ0v) is 10.8. The Morgan fingerprint density at radius 2 is 1.95 bits per heavy atom. The summed E-state index contributed by atoms with van der Waals surface area (Å²) in [6.07, 6.45) is 1.66. The van der Waals surface area contributed by atoms with Crippen LogP contribution in [0.15, 0.2) is 18.3 Å². The Labute approximate surface area is 114 Å². The Balaban J connectivity index is 1.93. The third-order valence-corrected chi connectivity index (χ3v) is 3.61. The van der Waals surface area contributed by atoms with Crippen LogP contribution in [0.5, 0.6) is 0 Å². The van der Waals surface area contributed by atoms with Gasteiger partial charge in [0, 0.05) is 25.5 Å². The van der Waals surface area contributed by atoms with Gasteiger partial charge in [0.2, 0.25) is 5.92 Å². The van der Waals surface area contributed by atoms with Crippen LogP contribution in [0.1, 0.15) is 53.0 Å². The molecule has 1 aliphatic rings. The third kappa shape index (κ3) is 3.59. The van der Waals surface area contributed by atoms with Crippen LogP contribution in [0.4, 0.5) is 8.78 Å². The Morgan fingerprint density at radius 1 is 1.30 bits per heavy atom. The van der Waals surface area contributed by atoms with Crippen molar-refractivity contribution < 1.29 is 23.5 Å². The lowest BCUT2D eigenvalue weighted by Gasteiger charge is -2.27. The molecule has 0 amide bonds. The first kappa shape index (κ1) is 14.6. The van der Waals surface area contributed by atoms with Crippen LogP contribution in [0, 0.1) is 5.92 Å². The number of aromatic nitrogens is 1. The highest BCUT2D eigenvalue weighted by atomic mass is 19.3. The number of hydrogen-bond acceptors (Lipinski definition) is 3. The second kappa shape index (κ2) is 5.64. The first-order valence-corrected chi connectivity index (χ1v) is 6.48. The molecule has 4 nitrogen and oxygen atoms in total. The van der Waals surface area contributed by atoms with Gasteiger partial charge in [-0.1, -0.05) is 0 Å². The van der Waals surface area contributed by atoms with Crippen LogP contribution in [-0.4, -0.2) is 27.8 Å². The van der Waals surface area contributed by atoms with Gasteiger partial charge in [-0.3, -0.25) is 9.78 Å². The van der Waals surface area contributed by atoms with Crippen molar-refractivity contribution in [3.63, 3.8) is 0 Å². The number of carbonyl (C=O) groups excluding carboxylic acids is 1. The van der Waals surface area contributed by atoms with E-state index < -0.39 is 11.9 Å². The molecule has 0 unspecified atom stereocenters. The normalized spacial score (nSPS) is 18.7. The van der Waals surface area contributed by atoms with E-state index in [9.17, 15) is 18.4 Å². The highest BCUT2D eigenvalue weighted by Gasteiger charge is 2.35. The number of rotatable bonds is 4. The van der Waals surface area contributed by atoms with E-state index in [-0.39, 0.29) is 42.2 Å². The fourth-order valence-corrected chi connectivity index (χ4v) is 2.36. The Hall–Kier alpha value is -1.85. The lowest BCUT2D eigenvalue weighted by atomic mass is 9.83. The summed E-state index contributed by atoms with van der Waals surface area (Å²) in [6, 6.07) is 2.68. The van der Waals surface area contributed by atoms with Gasteiger partial charge in [-0.05, 0) is 30.9 Å². The van der Waals surface area contributed by atoms with Gasteiger partial charge in [0.05, 0.1) is 5.56 Å². The van der Waals surface area contributed by atoms with Gasteiger partial charge in [0.25, 0.3) is 0 Å². The SMILES string of the molecule is O=C(O)c1ccc(C(=O)CC2CCC(F)(F)CC2)nc1. The van der Waals surface area contributed by atoms with E-state index in [1.54, 1.807) is 0 Å². The average Bonchev–Trinajstić information content (AvgIpc) is 2.41. The number of aromatic carboxylic acids is 1. The zero-order chi connectivity index (χ0) is 14.8. The maximum absolute atomic E-state index is 13.0. The zero-order valence-electron chi connectivity index (χ0n) is 10.8. The van der Waals surface area contributed by atoms with E-state index in [4.69, 9.17) is 5.11 Å². The standard InChI is InChI=1S/C14H15F2NO3/c15-14(16)5-3-9(4-6-14)7-12(18)11-2-1-10(8-17-11)13(19)20/h1-2,8-9H,3-7H2,(H,19,20). The summed E-state index contributed by atoms with van der Waals surface area (Å²) in [5.41, 5.74) is 0.200. The van der Waals surface area contributed by atoms with Crippen LogP contribution >= 0.6 is 0 Å². The number of carboxylic acids is 1. The van der Waals surface area contributed by atoms with Crippen molar-refractivity contribution in [1.29, 1.82) is 0 Å². The fraction of sp³-hybridized carbons (Fsp3) is 0.500. The smallest absolute Gasteiger partial charge is 0.337 e. The number of Topliss-reactive ketones (excluding diaryl/α,β-unsaturated/α-hetero) is 1. The van der Waals surface area contributed by atoms with E-state index in [1.165, 1.54) is 12.1 Å². The summed E-state index contributed by atoms with van der Waals surface area (Å²) in [5.74, 6) is -3.97. The number of nitrogens with zero attached hydrogens (tertiary/aromatic N) is 1. The molecule has 0 radical (unpaired) electrons. The predicted octanol–water partition coefficient (Wildman–Crippen LogP) is 3.18. The van der Waals surface area contributed by atoms with E-state index in [1.807, 2.05) is 0 Å². The molecular weight excluding hydrogens is 268 g/mol. The molecule has 6 heteroatoms. The highest BCUT2D eigenvalue weighted by molar-refractivity contribution is 5.95. The van der Waals surface area contributed by atoms with Crippen molar-refractivity contribution in [3.8, 4) is 0 Å². The summed E-state index contributed by atoms with van der Waals surface area (Å²) < 4.78 is 26.0. The number of hydrogen-bond donors (Lipinski definition) is 1. The van der Waals surface area contributed by atoms with Gasteiger partial charge >= 0.3 is 5.97 Å². The lowest BCUT2D eigenvalue weighted by Crippen LogP contribution is -2.26. The van der Waals surface area contributed by atoms with Crippen molar-refractivity contribution in [2.75, 3.05) is 0 Å². The molecule has 20 heavy (non-hydrogen) atoms. The first-order valence-electron chi connectivity index (χ1n) is 6.48. The Morgan fingerprint density at radius 3 is 2.45 bits per heavy atom. The molecule has 2 rings (SSSR count). The summed E-state index contributed by atoms with van der Waals surface area (Å²) in [7, 11) is 0. The molecule has 0 aromatic carbocycles. The van der Waals surface area contributed by atoms with Gasteiger partial charge < -0.3 is 5.11 Å². The third-order valence-electron chi connectivity index (χ3n) is 3.61. The Bertz CT molecular complexity index is 504. The monoisotopic (exact) mass is 283 g/mol. The van der Waals surface area contributed by atoms with E-state index in [0.29, 0.717) is 12.8 Å². The van der Waals surface area contributed by atoms with Crippen molar-refractivity contribution >= 4 is 11.8 Å². The van der Waals surface area contributed by atoms with Crippen molar-refractivity contribution in [1.82, 2.24) is 4.98 Å². The van der Waals surface area contributed by atoms with Gasteiger partial charge in [0.15, 0.2) is 5.78 Å². The summed E-state index contributed by atoms with van der Waals surface area (Å²) in [6.45, 7) is 0. The van der Waals surface area contributed by atoms with Crippen LogP contribution < -0.4 is 0 Å². The maximum atomic E-state index is 13.0. The van der Waals surface area contributed by atoms with Crippen LogP contribution in [0.3, 0.4) is 0 Å². The quantitative estimate of drug-likeness (QED) is 0.862. The van der Waals surface area contributed by atoms with Crippen molar-refractivity contribution in [2.45, 2.75) is 38.0 Å². The van der Waals surface area contributed by atoms with Gasteiger partial charge in [-0.25, -0.2) is 13.6 Å². The van der Waals surface area contributed by atoms with Crippen molar-refractivity contribution in [2.24, 2.45) is 5.92 Å². The van der Waals surface area contributed by atoms with E-state index >= 15 is 0 Å². The molecule has 1 aliphatic carbocycles. The minimum absolute atomic E-state index is 0.0128. The largest absolute Gasteiger partial charge is 0.478 e. The number of alkyl halides is 2. The van der Waals surface area contributed by atoms with E-state index in [2.05, 4.69) is 4.98 Å². The van der Waals surface area contributed by atoms with Crippen LogP contribution in [-0.2, 0) is 0 Å². The molecule has 108 valence electrons. The minimum atomic E-state index is -2.60. The number of carbonyl (C=O) groups is 2. The number of ketones is 1. The van der Waals surface area contributed by atoms with Crippen LogP contribution in [0.2, 0.25) is 0 Å². The molecule has 1 N–H and O–H groups in total. The molecule has 0 atom stereocenters. The molecule has 1 heterocycles. The van der Waals surface area contributed by atoms with Gasteiger partial charge in [-0.15, -0.1) is 0 Å². The van der Waals surface area contributed by atoms with E-state index in [0.717, 1.165) is 6.20 Å². The second-order valence-corrected chi connectivity index (χ2v) is 5.16. The number of pyridine rings is 1. The lowest BCUT2D eigenvalue weighted by molar-refractivity contribution is -0.0458. The highest BCUT2D eigenvalue weighted by Crippen LogP contribution is 2.37. The van der Waals surface area contributed by atoms with Gasteiger partial charge in [0.1, 0.15) is 5.69 Å². The molecule has 1 aromatic rings. The molecule has 0 saturated heterocycles. The number of carboxylic acid groups (broad SMARTS) is 1. The predicted molar refractivity (Wildman–Crippen MR) is 67.0 cm³/mol. The maximum Gasteiger partial charge on any atom is 0.337 e. The number of halogens is 2. The minimum Gasteiger partial charge on any atom is -0.478 e. The van der Waals surface area contributed by atoms with Crippen molar-refractivity contribution in [3.05, 3.63) is 29.6 Å². The average molecular weight is 283 g/mol.